The van der Waals surface area contributed by atoms with Crippen molar-refractivity contribution in [3.8, 4) is 10.6 Å². The number of hydrogen-bond donors (Lipinski definition) is 2. The number of benzene rings is 1. The molecule has 114 valence electrons. The second-order valence-corrected chi connectivity index (χ2v) is 5.53. The minimum atomic E-state index is -0.156. The molecule has 1 aromatic heterocycles. The molecule has 21 heavy (non-hydrogen) atoms. The van der Waals surface area contributed by atoms with Crippen LogP contribution in [0.25, 0.3) is 10.6 Å². The zero-order valence-electron chi connectivity index (χ0n) is 11.3. The van der Waals surface area contributed by atoms with Gasteiger partial charge < -0.3 is 11.1 Å². The highest BCUT2D eigenvalue weighted by molar-refractivity contribution is 7.13. The van der Waals surface area contributed by atoms with Gasteiger partial charge in [0.1, 0.15) is 10.7 Å². The van der Waals surface area contributed by atoms with Crippen LogP contribution >= 0.6 is 35.3 Å². The molecule has 0 unspecified atom stereocenters. The van der Waals surface area contributed by atoms with Gasteiger partial charge >= 0.3 is 0 Å². The molecule has 3 N–H and O–H groups in total. The average molecular weight is 346 g/mol. The van der Waals surface area contributed by atoms with Crippen molar-refractivity contribution in [2.45, 2.75) is 12.8 Å². The summed E-state index contributed by atoms with van der Waals surface area (Å²) in [7, 11) is 0. The van der Waals surface area contributed by atoms with Crippen molar-refractivity contribution in [3.63, 3.8) is 0 Å². The highest BCUT2D eigenvalue weighted by Gasteiger charge is 2.12. The third kappa shape index (κ3) is 4.97. The first-order valence-electron chi connectivity index (χ1n) is 6.41. The van der Waals surface area contributed by atoms with E-state index < -0.39 is 0 Å². The molecule has 0 aliphatic rings. The number of aromatic nitrogens is 1. The third-order valence-corrected chi connectivity index (χ3v) is 3.96. The number of nitrogens with two attached hydrogens (primary N) is 1. The van der Waals surface area contributed by atoms with Crippen LogP contribution < -0.4 is 11.1 Å². The first-order valence-corrected chi connectivity index (χ1v) is 7.67. The number of thiazole rings is 1. The van der Waals surface area contributed by atoms with E-state index >= 15 is 0 Å². The van der Waals surface area contributed by atoms with Gasteiger partial charge in [0.05, 0.1) is 5.02 Å². The predicted molar refractivity (Wildman–Crippen MR) is 90.4 cm³/mol. The lowest BCUT2D eigenvalue weighted by Crippen LogP contribution is -2.25. The Morgan fingerprint density at radius 3 is 2.81 bits per heavy atom. The molecule has 0 saturated carbocycles. The molecular formula is C14H17Cl2N3OS. The molecule has 2 aromatic rings. The lowest BCUT2D eigenvalue weighted by molar-refractivity contribution is 0.0949. The lowest BCUT2D eigenvalue weighted by atomic mass is 10.2. The lowest BCUT2D eigenvalue weighted by Gasteiger charge is -2.02. The summed E-state index contributed by atoms with van der Waals surface area (Å²) in [5.41, 5.74) is 6.68. The molecule has 1 aromatic carbocycles. The zero-order valence-corrected chi connectivity index (χ0v) is 13.7. The summed E-state index contributed by atoms with van der Waals surface area (Å²) in [6, 6.07) is 7.47. The van der Waals surface area contributed by atoms with Crippen molar-refractivity contribution in [1.82, 2.24) is 10.3 Å². The van der Waals surface area contributed by atoms with Gasteiger partial charge in [-0.2, -0.15) is 0 Å². The van der Waals surface area contributed by atoms with Crippen LogP contribution in [0.1, 0.15) is 23.3 Å². The van der Waals surface area contributed by atoms with Crippen LogP contribution in [0.3, 0.4) is 0 Å². The zero-order chi connectivity index (χ0) is 14.4. The van der Waals surface area contributed by atoms with Gasteiger partial charge in [-0.3, -0.25) is 4.79 Å². The van der Waals surface area contributed by atoms with Crippen molar-refractivity contribution in [3.05, 3.63) is 40.4 Å². The van der Waals surface area contributed by atoms with Gasteiger partial charge in [-0.1, -0.05) is 29.8 Å². The summed E-state index contributed by atoms with van der Waals surface area (Å²) >= 11 is 7.53. The van der Waals surface area contributed by atoms with E-state index in [1.54, 1.807) is 5.38 Å². The summed E-state index contributed by atoms with van der Waals surface area (Å²) in [5.74, 6) is -0.156. The standard InChI is InChI=1S/C14H16ClN3OS.ClH/c15-11-6-2-1-5-10(11)14-18-12(9-20-14)13(19)17-8-4-3-7-16;/h1-2,5-6,9H,3-4,7-8,16H2,(H,17,19);1H. The Bertz CT molecular complexity index is 589. The summed E-state index contributed by atoms with van der Waals surface area (Å²) in [4.78, 5) is 16.2. The average Bonchev–Trinajstić information content (AvgIpc) is 2.93. The number of halogens is 2. The van der Waals surface area contributed by atoms with Gasteiger partial charge in [0.2, 0.25) is 0 Å². The van der Waals surface area contributed by atoms with Crippen LogP contribution in [0, 0.1) is 0 Å². The van der Waals surface area contributed by atoms with Gasteiger partial charge in [-0.05, 0) is 25.5 Å². The van der Waals surface area contributed by atoms with Gasteiger partial charge in [-0.25, -0.2) is 4.98 Å². The van der Waals surface area contributed by atoms with Gasteiger partial charge in [0, 0.05) is 17.5 Å². The molecule has 0 aliphatic heterocycles. The molecule has 0 radical (unpaired) electrons. The second-order valence-electron chi connectivity index (χ2n) is 4.27. The van der Waals surface area contributed by atoms with Gasteiger partial charge in [-0.15, -0.1) is 23.7 Å². The summed E-state index contributed by atoms with van der Waals surface area (Å²) in [6.45, 7) is 1.26. The van der Waals surface area contributed by atoms with E-state index in [2.05, 4.69) is 10.3 Å². The number of hydrogen-bond acceptors (Lipinski definition) is 4. The number of rotatable bonds is 6. The number of amides is 1. The number of carbonyl (C=O) groups excluding carboxylic acids is 1. The first-order chi connectivity index (χ1) is 9.72. The summed E-state index contributed by atoms with van der Waals surface area (Å²) in [6.07, 6.45) is 1.78. The van der Waals surface area contributed by atoms with Crippen LogP contribution in [0.15, 0.2) is 29.6 Å². The molecule has 1 amide bonds. The fourth-order valence-electron chi connectivity index (χ4n) is 1.70. The molecule has 0 spiro atoms. The second kappa shape index (κ2) is 9.00. The molecule has 2 rings (SSSR count). The molecule has 1 heterocycles. The Kier molecular flexibility index (Phi) is 7.67. The van der Waals surface area contributed by atoms with Crippen molar-refractivity contribution in [2.75, 3.05) is 13.1 Å². The fourth-order valence-corrected chi connectivity index (χ4v) is 2.82. The van der Waals surface area contributed by atoms with Crippen molar-refractivity contribution < 1.29 is 4.79 Å². The van der Waals surface area contributed by atoms with Gasteiger partial charge in [0.15, 0.2) is 0 Å². The van der Waals surface area contributed by atoms with Crippen LogP contribution in [-0.4, -0.2) is 24.0 Å². The van der Waals surface area contributed by atoms with Crippen LogP contribution in [0.4, 0.5) is 0 Å². The maximum Gasteiger partial charge on any atom is 0.270 e. The monoisotopic (exact) mass is 345 g/mol. The Hall–Kier alpha value is -1.14. The normalized spacial score (nSPS) is 10.0. The van der Waals surface area contributed by atoms with Crippen LogP contribution in [0.2, 0.25) is 5.02 Å². The Morgan fingerprint density at radius 1 is 1.33 bits per heavy atom. The minimum absolute atomic E-state index is 0. The third-order valence-electron chi connectivity index (χ3n) is 2.76. The largest absolute Gasteiger partial charge is 0.351 e. The van der Waals surface area contributed by atoms with Crippen molar-refractivity contribution in [2.24, 2.45) is 5.73 Å². The maximum atomic E-state index is 11.9. The van der Waals surface area contributed by atoms with E-state index in [0.29, 0.717) is 23.8 Å². The molecule has 4 nitrogen and oxygen atoms in total. The van der Waals surface area contributed by atoms with E-state index in [-0.39, 0.29) is 18.3 Å². The molecule has 7 heteroatoms. The van der Waals surface area contributed by atoms with Gasteiger partial charge in [0.25, 0.3) is 5.91 Å². The number of unbranched alkanes of at least 4 members (excludes halogenated alkanes) is 1. The Morgan fingerprint density at radius 2 is 2.10 bits per heavy atom. The van der Waals surface area contributed by atoms with E-state index in [4.69, 9.17) is 17.3 Å². The van der Waals surface area contributed by atoms with E-state index in [9.17, 15) is 4.79 Å². The maximum absolute atomic E-state index is 11.9. The Labute approximate surface area is 139 Å². The van der Waals surface area contributed by atoms with E-state index in [1.165, 1.54) is 11.3 Å². The minimum Gasteiger partial charge on any atom is -0.351 e. The SMILES string of the molecule is Cl.NCCCCNC(=O)c1csc(-c2ccccc2Cl)n1. The topological polar surface area (TPSA) is 68.0 Å². The predicted octanol–water partition coefficient (Wildman–Crippen LogP) is 3.35. The molecule has 0 aliphatic carbocycles. The quantitative estimate of drug-likeness (QED) is 0.788. The molecular weight excluding hydrogens is 329 g/mol. The van der Waals surface area contributed by atoms with E-state index in [1.807, 2.05) is 24.3 Å². The smallest absolute Gasteiger partial charge is 0.270 e. The summed E-state index contributed by atoms with van der Waals surface area (Å²) < 4.78 is 0. The number of carbonyl (C=O) groups is 1. The highest BCUT2D eigenvalue weighted by atomic mass is 35.5. The first kappa shape index (κ1) is 17.9. The number of nitrogens with one attached hydrogen (secondary N) is 1. The molecule has 0 atom stereocenters. The van der Waals surface area contributed by atoms with Crippen molar-refractivity contribution in [1.29, 1.82) is 0 Å². The molecule has 0 fully saturated rings. The van der Waals surface area contributed by atoms with Crippen molar-refractivity contribution >= 4 is 41.3 Å². The van der Waals surface area contributed by atoms with E-state index in [0.717, 1.165) is 23.4 Å². The van der Waals surface area contributed by atoms with Crippen LogP contribution in [0.5, 0.6) is 0 Å². The molecule has 0 bridgehead atoms. The Balaban J connectivity index is 0.00000220. The summed E-state index contributed by atoms with van der Waals surface area (Å²) in [5, 5.41) is 5.97. The van der Waals surface area contributed by atoms with Crippen LogP contribution in [-0.2, 0) is 0 Å². The fraction of sp³-hybridized carbons (Fsp3) is 0.286. The number of nitrogens with zero attached hydrogens (tertiary/aromatic N) is 1. The molecule has 0 saturated heterocycles. The highest BCUT2D eigenvalue weighted by Crippen LogP contribution is 2.29.